The van der Waals surface area contributed by atoms with Gasteiger partial charge in [-0.2, -0.15) is 0 Å². The number of thiophene rings is 1. The maximum atomic E-state index is 11.9. The number of Topliss-reactive ketones (excluding diaryl/α,β-unsaturated/α-hetero) is 1. The first-order valence-corrected chi connectivity index (χ1v) is 8.30. The van der Waals surface area contributed by atoms with Crippen LogP contribution in [0.25, 0.3) is 32.8 Å². The normalized spacial score (nSPS) is 11.0. The number of hydrogen-bond acceptors (Lipinski definition) is 5. The standard InChI is InChI=1S/C19H14N2O2S/c1-11(22)18-17(20)16-13(15-8-5-9-23-15)10-14(21-19(16)24-18)12-6-3-2-4-7-12/h2-10H,20H2,1H3. The van der Waals surface area contributed by atoms with Crippen molar-refractivity contribution < 1.29 is 9.21 Å². The molecule has 0 atom stereocenters. The summed E-state index contributed by atoms with van der Waals surface area (Å²) < 4.78 is 5.58. The largest absolute Gasteiger partial charge is 0.464 e. The van der Waals surface area contributed by atoms with Crippen molar-refractivity contribution in [2.45, 2.75) is 6.92 Å². The number of hydrogen-bond donors (Lipinski definition) is 1. The van der Waals surface area contributed by atoms with Crippen molar-refractivity contribution in [2.24, 2.45) is 0 Å². The number of anilines is 1. The van der Waals surface area contributed by atoms with Crippen molar-refractivity contribution in [1.82, 2.24) is 4.98 Å². The van der Waals surface area contributed by atoms with Gasteiger partial charge in [0.1, 0.15) is 10.6 Å². The Labute approximate surface area is 142 Å². The molecule has 1 aromatic carbocycles. The molecule has 24 heavy (non-hydrogen) atoms. The Morgan fingerprint density at radius 2 is 1.96 bits per heavy atom. The number of carbonyl (C=O) groups excluding carboxylic acids is 1. The fraction of sp³-hybridized carbons (Fsp3) is 0.0526. The predicted octanol–water partition coefficient (Wildman–Crippen LogP) is 5.01. The lowest BCUT2D eigenvalue weighted by molar-refractivity contribution is 0.102. The number of rotatable bonds is 3. The number of pyridine rings is 1. The molecule has 3 aromatic heterocycles. The molecule has 0 aliphatic rings. The number of nitrogens with zero attached hydrogens (tertiary/aromatic N) is 1. The van der Waals surface area contributed by atoms with Crippen LogP contribution in [0.4, 0.5) is 5.69 Å². The van der Waals surface area contributed by atoms with E-state index in [0.29, 0.717) is 16.3 Å². The summed E-state index contributed by atoms with van der Waals surface area (Å²) >= 11 is 1.32. The van der Waals surface area contributed by atoms with Crippen molar-refractivity contribution in [3.8, 4) is 22.6 Å². The maximum absolute atomic E-state index is 11.9. The molecule has 0 aliphatic heterocycles. The van der Waals surface area contributed by atoms with Crippen LogP contribution in [0.3, 0.4) is 0 Å². The number of nitrogens with two attached hydrogens (primary N) is 1. The van der Waals surface area contributed by atoms with Gasteiger partial charge in [0.25, 0.3) is 0 Å². The summed E-state index contributed by atoms with van der Waals surface area (Å²) in [7, 11) is 0. The zero-order valence-electron chi connectivity index (χ0n) is 12.9. The lowest BCUT2D eigenvalue weighted by Crippen LogP contribution is -1.95. The van der Waals surface area contributed by atoms with Crippen molar-refractivity contribution in [2.75, 3.05) is 5.73 Å². The van der Waals surface area contributed by atoms with Crippen LogP contribution in [0.15, 0.2) is 59.2 Å². The van der Waals surface area contributed by atoms with Gasteiger partial charge in [-0.05, 0) is 18.2 Å². The van der Waals surface area contributed by atoms with Gasteiger partial charge in [-0.15, -0.1) is 11.3 Å². The van der Waals surface area contributed by atoms with Gasteiger partial charge in [0, 0.05) is 23.4 Å². The van der Waals surface area contributed by atoms with E-state index in [1.165, 1.54) is 18.3 Å². The van der Waals surface area contributed by atoms with Gasteiger partial charge in [0.2, 0.25) is 0 Å². The maximum Gasteiger partial charge on any atom is 0.171 e. The molecule has 0 fully saturated rings. The van der Waals surface area contributed by atoms with Gasteiger partial charge >= 0.3 is 0 Å². The van der Waals surface area contributed by atoms with E-state index in [-0.39, 0.29) is 5.78 Å². The minimum absolute atomic E-state index is 0.0536. The van der Waals surface area contributed by atoms with Gasteiger partial charge in [-0.25, -0.2) is 4.98 Å². The second-order valence-corrected chi connectivity index (χ2v) is 6.48. The lowest BCUT2D eigenvalue weighted by atomic mass is 10.0. The zero-order valence-corrected chi connectivity index (χ0v) is 13.8. The quantitative estimate of drug-likeness (QED) is 0.535. The molecule has 0 aliphatic carbocycles. The zero-order chi connectivity index (χ0) is 16.7. The summed E-state index contributed by atoms with van der Waals surface area (Å²) in [5, 5.41) is 0.778. The minimum atomic E-state index is -0.0536. The van der Waals surface area contributed by atoms with Crippen LogP contribution >= 0.6 is 11.3 Å². The van der Waals surface area contributed by atoms with E-state index in [2.05, 4.69) is 0 Å². The van der Waals surface area contributed by atoms with Crippen LogP contribution in [-0.4, -0.2) is 10.8 Å². The van der Waals surface area contributed by atoms with Crippen LogP contribution in [0.5, 0.6) is 0 Å². The minimum Gasteiger partial charge on any atom is -0.464 e. The van der Waals surface area contributed by atoms with E-state index in [4.69, 9.17) is 15.1 Å². The van der Waals surface area contributed by atoms with Crippen LogP contribution in [0, 0.1) is 0 Å². The highest BCUT2D eigenvalue weighted by atomic mass is 32.1. The molecule has 4 aromatic rings. The summed E-state index contributed by atoms with van der Waals surface area (Å²) in [5.41, 5.74) is 9.40. The third kappa shape index (κ3) is 2.30. The average molecular weight is 334 g/mol. The molecule has 0 unspecified atom stereocenters. The summed E-state index contributed by atoms with van der Waals surface area (Å²) in [5.74, 6) is 0.654. The molecule has 4 nitrogen and oxygen atoms in total. The Morgan fingerprint density at radius 3 is 2.62 bits per heavy atom. The number of aromatic nitrogens is 1. The average Bonchev–Trinajstić information content (AvgIpc) is 3.23. The molecule has 3 heterocycles. The Balaban J connectivity index is 2.07. The van der Waals surface area contributed by atoms with E-state index in [0.717, 1.165) is 27.0 Å². The Morgan fingerprint density at radius 1 is 1.17 bits per heavy atom. The van der Waals surface area contributed by atoms with Crippen LogP contribution in [0.1, 0.15) is 16.6 Å². The number of ketones is 1. The highest BCUT2D eigenvalue weighted by molar-refractivity contribution is 7.21. The number of carbonyl (C=O) groups is 1. The molecule has 0 amide bonds. The summed E-state index contributed by atoms with van der Waals surface area (Å²) in [6.07, 6.45) is 1.62. The molecule has 118 valence electrons. The fourth-order valence-corrected chi connectivity index (χ4v) is 3.78. The third-order valence-electron chi connectivity index (χ3n) is 3.87. The van der Waals surface area contributed by atoms with Crippen molar-refractivity contribution in [1.29, 1.82) is 0 Å². The van der Waals surface area contributed by atoms with Crippen LogP contribution in [0.2, 0.25) is 0 Å². The highest BCUT2D eigenvalue weighted by Gasteiger charge is 2.20. The number of fused-ring (bicyclic) bond motifs is 1. The number of nitrogen functional groups attached to an aromatic ring is 1. The summed E-state index contributed by atoms with van der Waals surface area (Å²) in [6.45, 7) is 1.52. The molecule has 2 N–H and O–H groups in total. The Kier molecular flexibility index (Phi) is 3.43. The van der Waals surface area contributed by atoms with E-state index in [1.54, 1.807) is 6.26 Å². The molecule has 0 spiro atoms. The monoisotopic (exact) mass is 334 g/mol. The van der Waals surface area contributed by atoms with Gasteiger partial charge in [-0.3, -0.25) is 4.79 Å². The molecule has 0 saturated carbocycles. The number of furan rings is 1. The van der Waals surface area contributed by atoms with Gasteiger partial charge in [-0.1, -0.05) is 30.3 Å². The first-order chi connectivity index (χ1) is 11.6. The Hall–Kier alpha value is -2.92. The molecule has 0 saturated heterocycles. The van der Waals surface area contributed by atoms with Crippen LogP contribution in [-0.2, 0) is 0 Å². The lowest BCUT2D eigenvalue weighted by Gasteiger charge is -2.06. The smallest absolute Gasteiger partial charge is 0.171 e. The third-order valence-corrected chi connectivity index (χ3v) is 5.08. The molecular formula is C19H14N2O2S. The SMILES string of the molecule is CC(=O)c1sc2nc(-c3ccccc3)cc(-c3ccco3)c2c1N. The summed E-state index contributed by atoms with van der Waals surface area (Å²) in [6, 6.07) is 15.6. The molecule has 0 bridgehead atoms. The molecule has 5 heteroatoms. The molecule has 4 rings (SSSR count). The van der Waals surface area contributed by atoms with Crippen molar-refractivity contribution in [3.05, 3.63) is 59.7 Å². The first-order valence-electron chi connectivity index (χ1n) is 7.48. The van der Waals surface area contributed by atoms with E-state index in [1.807, 2.05) is 48.5 Å². The van der Waals surface area contributed by atoms with Gasteiger partial charge in [0.15, 0.2) is 5.78 Å². The van der Waals surface area contributed by atoms with E-state index in [9.17, 15) is 4.79 Å². The highest BCUT2D eigenvalue weighted by Crippen LogP contribution is 2.41. The molecular weight excluding hydrogens is 320 g/mol. The van der Waals surface area contributed by atoms with Gasteiger partial charge in [0.05, 0.1) is 22.5 Å². The summed E-state index contributed by atoms with van der Waals surface area (Å²) in [4.78, 5) is 17.9. The second kappa shape index (κ2) is 5.62. The topological polar surface area (TPSA) is 69.1 Å². The van der Waals surface area contributed by atoms with Crippen molar-refractivity contribution in [3.63, 3.8) is 0 Å². The van der Waals surface area contributed by atoms with Crippen molar-refractivity contribution >= 4 is 33.0 Å². The van der Waals surface area contributed by atoms with E-state index < -0.39 is 0 Å². The molecule has 0 radical (unpaired) electrons. The van der Waals surface area contributed by atoms with Gasteiger partial charge < -0.3 is 10.2 Å². The first kappa shape index (κ1) is 14.7. The predicted molar refractivity (Wildman–Crippen MR) is 97.2 cm³/mol. The van der Waals surface area contributed by atoms with Crippen LogP contribution < -0.4 is 5.73 Å². The second-order valence-electron chi connectivity index (χ2n) is 5.48. The Bertz CT molecular complexity index is 1030. The number of benzene rings is 1. The fourth-order valence-electron chi connectivity index (χ4n) is 2.77. The van der Waals surface area contributed by atoms with E-state index >= 15 is 0 Å².